The van der Waals surface area contributed by atoms with E-state index in [2.05, 4.69) is 11.4 Å². The molecular weight excluding hydrogens is 250 g/mol. The molecule has 0 aromatic heterocycles. The molecule has 1 fully saturated rings. The molecule has 1 aliphatic rings. The number of nitrogens with zero attached hydrogens (tertiary/aromatic N) is 1. The second-order valence-corrected chi connectivity index (χ2v) is 4.87. The normalized spacial score (nSPS) is 16.9. The van der Waals surface area contributed by atoms with Crippen molar-refractivity contribution in [2.75, 3.05) is 0 Å². The van der Waals surface area contributed by atoms with E-state index >= 15 is 0 Å². The summed E-state index contributed by atoms with van der Waals surface area (Å²) in [4.78, 5) is 11.9. The minimum atomic E-state index is -0.971. The summed E-state index contributed by atoms with van der Waals surface area (Å²) in [6.07, 6.45) is 3.07. The molecule has 0 bridgehead atoms. The van der Waals surface area contributed by atoms with E-state index in [9.17, 15) is 13.6 Å². The summed E-state index contributed by atoms with van der Waals surface area (Å²) in [5, 5.41) is 11.8. The molecule has 100 valence electrons. The summed E-state index contributed by atoms with van der Waals surface area (Å²) in [5.74, 6) is -2.25. The quantitative estimate of drug-likeness (QED) is 0.911. The largest absolute Gasteiger partial charge is 0.338 e. The van der Waals surface area contributed by atoms with Crippen molar-refractivity contribution in [1.82, 2.24) is 5.32 Å². The molecule has 1 aromatic carbocycles. The highest BCUT2D eigenvalue weighted by atomic mass is 19.2. The monoisotopic (exact) mass is 264 g/mol. The van der Waals surface area contributed by atoms with Crippen LogP contribution in [0.25, 0.3) is 0 Å². The first-order chi connectivity index (χ1) is 9.04. The van der Waals surface area contributed by atoms with Crippen LogP contribution < -0.4 is 5.32 Å². The van der Waals surface area contributed by atoms with Gasteiger partial charge in [0, 0.05) is 0 Å². The smallest absolute Gasteiger partial charge is 0.225 e. The third kappa shape index (κ3) is 3.08. The van der Waals surface area contributed by atoms with E-state index in [-0.39, 0.29) is 12.3 Å². The minimum Gasteiger partial charge on any atom is -0.338 e. The number of amides is 1. The Bertz CT molecular complexity index is 531. The van der Waals surface area contributed by atoms with E-state index in [0.717, 1.165) is 25.0 Å². The van der Waals surface area contributed by atoms with Gasteiger partial charge in [-0.1, -0.05) is 6.07 Å². The van der Waals surface area contributed by atoms with Gasteiger partial charge in [-0.05, 0) is 43.4 Å². The van der Waals surface area contributed by atoms with Gasteiger partial charge in [-0.2, -0.15) is 5.26 Å². The van der Waals surface area contributed by atoms with Gasteiger partial charge in [-0.25, -0.2) is 8.78 Å². The van der Waals surface area contributed by atoms with Gasteiger partial charge >= 0.3 is 0 Å². The lowest BCUT2D eigenvalue weighted by Gasteiger charge is -2.21. The van der Waals surface area contributed by atoms with Crippen molar-refractivity contribution in [2.45, 2.75) is 37.6 Å². The minimum absolute atomic E-state index is 0.0549. The third-order valence-electron chi connectivity index (χ3n) is 3.40. The predicted octanol–water partition coefficient (Wildman–Crippen LogP) is 2.46. The standard InChI is InChI=1S/C14H14F2N2O/c15-11-4-3-10(7-12(11)16)8-13(19)18-14(9-17)5-1-2-6-14/h3-4,7H,1-2,5-6,8H2,(H,18,19). The SMILES string of the molecule is N#CC1(NC(=O)Cc2ccc(F)c(F)c2)CCCC1. The highest BCUT2D eigenvalue weighted by molar-refractivity contribution is 5.79. The fraction of sp³-hybridized carbons (Fsp3) is 0.429. The number of rotatable bonds is 3. The Labute approximate surface area is 110 Å². The summed E-state index contributed by atoms with van der Waals surface area (Å²) in [6.45, 7) is 0. The number of hydrogen-bond donors (Lipinski definition) is 1. The van der Waals surface area contributed by atoms with Crippen molar-refractivity contribution in [2.24, 2.45) is 0 Å². The summed E-state index contributed by atoms with van der Waals surface area (Å²) in [7, 11) is 0. The molecule has 5 heteroatoms. The van der Waals surface area contributed by atoms with Gasteiger partial charge in [-0.3, -0.25) is 4.79 Å². The van der Waals surface area contributed by atoms with Gasteiger partial charge in [0.2, 0.25) is 5.91 Å². The zero-order valence-corrected chi connectivity index (χ0v) is 10.4. The van der Waals surface area contributed by atoms with Crippen LogP contribution in [0, 0.1) is 23.0 Å². The molecule has 0 radical (unpaired) electrons. The van der Waals surface area contributed by atoms with Gasteiger partial charge in [0.05, 0.1) is 12.5 Å². The second kappa shape index (κ2) is 5.35. The van der Waals surface area contributed by atoms with Crippen LogP contribution >= 0.6 is 0 Å². The molecule has 0 saturated heterocycles. The Morgan fingerprint density at radius 1 is 1.32 bits per heavy atom. The molecule has 1 saturated carbocycles. The average molecular weight is 264 g/mol. The van der Waals surface area contributed by atoms with Crippen molar-refractivity contribution in [3.8, 4) is 6.07 Å². The number of nitrogens with one attached hydrogen (secondary N) is 1. The highest BCUT2D eigenvalue weighted by Gasteiger charge is 2.35. The highest BCUT2D eigenvalue weighted by Crippen LogP contribution is 2.28. The van der Waals surface area contributed by atoms with E-state index in [4.69, 9.17) is 5.26 Å². The summed E-state index contributed by atoms with van der Waals surface area (Å²) in [5.41, 5.74) is -0.391. The van der Waals surface area contributed by atoms with E-state index in [0.29, 0.717) is 18.4 Å². The van der Waals surface area contributed by atoms with Crippen molar-refractivity contribution < 1.29 is 13.6 Å². The number of hydrogen-bond acceptors (Lipinski definition) is 2. The van der Waals surface area contributed by atoms with Gasteiger partial charge in [0.25, 0.3) is 0 Å². The van der Waals surface area contributed by atoms with Crippen LogP contribution in [0.3, 0.4) is 0 Å². The van der Waals surface area contributed by atoms with Crippen LogP contribution in [-0.4, -0.2) is 11.4 Å². The topological polar surface area (TPSA) is 52.9 Å². The first kappa shape index (κ1) is 13.5. The van der Waals surface area contributed by atoms with Crippen LogP contribution in [0.1, 0.15) is 31.2 Å². The van der Waals surface area contributed by atoms with E-state index in [1.54, 1.807) is 0 Å². The molecule has 1 amide bonds. The molecule has 0 spiro atoms. The molecule has 1 aromatic rings. The zero-order chi connectivity index (χ0) is 13.9. The Hall–Kier alpha value is -1.96. The molecule has 1 N–H and O–H groups in total. The molecular formula is C14H14F2N2O. The van der Waals surface area contributed by atoms with Crippen molar-refractivity contribution >= 4 is 5.91 Å². The van der Waals surface area contributed by atoms with E-state index in [1.807, 2.05) is 0 Å². The number of halogens is 2. The van der Waals surface area contributed by atoms with Gasteiger partial charge in [-0.15, -0.1) is 0 Å². The Kier molecular flexibility index (Phi) is 3.79. The predicted molar refractivity (Wildman–Crippen MR) is 65.0 cm³/mol. The Balaban J connectivity index is 2.01. The summed E-state index contributed by atoms with van der Waals surface area (Å²) >= 11 is 0. The lowest BCUT2D eigenvalue weighted by atomic mass is 9.99. The fourth-order valence-corrected chi connectivity index (χ4v) is 2.39. The van der Waals surface area contributed by atoms with Crippen LogP contribution in [0.2, 0.25) is 0 Å². The molecule has 3 nitrogen and oxygen atoms in total. The van der Waals surface area contributed by atoms with Crippen molar-refractivity contribution in [1.29, 1.82) is 5.26 Å². The Morgan fingerprint density at radius 2 is 2.00 bits per heavy atom. The summed E-state index contributed by atoms with van der Waals surface area (Å²) in [6, 6.07) is 5.51. The lowest BCUT2D eigenvalue weighted by Crippen LogP contribution is -2.45. The molecule has 2 rings (SSSR count). The molecule has 0 aliphatic heterocycles. The van der Waals surface area contributed by atoms with Crippen molar-refractivity contribution in [3.63, 3.8) is 0 Å². The molecule has 1 aliphatic carbocycles. The maximum absolute atomic E-state index is 13.0. The molecule has 19 heavy (non-hydrogen) atoms. The number of carbonyl (C=O) groups excluding carboxylic acids is 1. The first-order valence-corrected chi connectivity index (χ1v) is 6.21. The van der Waals surface area contributed by atoms with E-state index < -0.39 is 17.2 Å². The van der Waals surface area contributed by atoms with Crippen LogP contribution in [0.15, 0.2) is 18.2 Å². The number of carbonyl (C=O) groups is 1. The zero-order valence-electron chi connectivity index (χ0n) is 10.4. The van der Waals surface area contributed by atoms with Crippen LogP contribution in [-0.2, 0) is 11.2 Å². The molecule has 0 heterocycles. The van der Waals surface area contributed by atoms with Gasteiger partial charge in [0.15, 0.2) is 11.6 Å². The van der Waals surface area contributed by atoms with Crippen LogP contribution in [0.4, 0.5) is 8.78 Å². The van der Waals surface area contributed by atoms with Gasteiger partial charge in [0.1, 0.15) is 5.54 Å². The lowest BCUT2D eigenvalue weighted by molar-refractivity contribution is -0.121. The molecule has 0 unspecified atom stereocenters. The third-order valence-corrected chi connectivity index (χ3v) is 3.40. The Morgan fingerprint density at radius 3 is 2.58 bits per heavy atom. The average Bonchev–Trinajstić information content (AvgIpc) is 2.83. The number of nitriles is 1. The van der Waals surface area contributed by atoms with Crippen molar-refractivity contribution in [3.05, 3.63) is 35.4 Å². The number of benzene rings is 1. The van der Waals surface area contributed by atoms with E-state index in [1.165, 1.54) is 6.07 Å². The van der Waals surface area contributed by atoms with Crippen LogP contribution in [0.5, 0.6) is 0 Å². The maximum Gasteiger partial charge on any atom is 0.225 e. The summed E-state index contributed by atoms with van der Waals surface area (Å²) < 4.78 is 25.8. The maximum atomic E-state index is 13.0. The first-order valence-electron chi connectivity index (χ1n) is 6.21. The van der Waals surface area contributed by atoms with Gasteiger partial charge < -0.3 is 5.32 Å². The second-order valence-electron chi connectivity index (χ2n) is 4.87. The molecule has 0 atom stereocenters. The fourth-order valence-electron chi connectivity index (χ4n) is 2.39.